The van der Waals surface area contributed by atoms with Gasteiger partial charge in [0.2, 0.25) is 0 Å². The van der Waals surface area contributed by atoms with Gasteiger partial charge in [0, 0.05) is 29.6 Å². The third-order valence-electron chi connectivity index (χ3n) is 6.25. The van der Waals surface area contributed by atoms with E-state index in [1.165, 1.54) is 12.1 Å². The molecule has 1 aliphatic heterocycles. The number of rotatable bonds is 7. The van der Waals surface area contributed by atoms with E-state index in [1.807, 2.05) is 25.2 Å². The van der Waals surface area contributed by atoms with Crippen molar-refractivity contribution in [3.05, 3.63) is 89.2 Å². The summed E-state index contributed by atoms with van der Waals surface area (Å²) in [7, 11) is 0. The molecule has 7 heteroatoms. The Morgan fingerprint density at radius 1 is 1.15 bits per heavy atom. The van der Waals surface area contributed by atoms with Crippen LogP contribution >= 0.6 is 0 Å². The summed E-state index contributed by atoms with van der Waals surface area (Å²) in [6.45, 7) is 2.04. The van der Waals surface area contributed by atoms with Crippen molar-refractivity contribution in [2.75, 3.05) is 6.61 Å². The average molecular weight is 453 g/mol. The van der Waals surface area contributed by atoms with Crippen molar-refractivity contribution in [1.29, 1.82) is 0 Å². The first-order valence-electron chi connectivity index (χ1n) is 10.9. The molecule has 2 aromatic rings. The van der Waals surface area contributed by atoms with Gasteiger partial charge in [-0.05, 0) is 55.2 Å². The molecule has 0 radical (unpaired) electrons. The van der Waals surface area contributed by atoms with Gasteiger partial charge in [-0.3, -0.25) is 9.59 Å². The van der Waals surface area contributed by atoms with Crippen molar-refractivity contribution < 1.29 is 28.2 Å². The molecule has 0 saturated heterocycles. The first-order valence-corrected chi connectivity index (χ1v) is 10.9. The van der Waals surface area contributed by atoms with Gasteiger partial charge in [0.25, 0.3) is 5.91 Å². The highest BCUT2D eigenvalue weighted by molar-refractivity contribution is 5.96. The van der Waals surface area contributed by atoms with Gasteiger partial charge in [0.05, 0.1) is 13.0 Å². The maximum Gasteiger partial charge on any atom is 0.303 e. The minimum absolute atomic E-state index is 0.0131. The molecule has 33 heavy (non-hydrogen) atoms. The standard InChI is InChI=1S/C26H25F2NO4/c1-16-14-21-19(15-24(30)31)5-3-7-23(21)29(16)26(32)18-8-10-20(11-9-18)33-13-12-17-4-2-6-22(27)25(17)28/h2-6,8-11,14,19,21,23H,7,12-13,15H2,1H3,(H,30,31). The largest absolute Gasteiger partial charge is 0.493 e. The van der Waals surface area contributed by atoms with Crippen molar-refractivity contribution in [2.24, 2.45) is 11.8 Å². The molecular weight excluding hydrogens is 428 g/mol. The number of benzene rings is 2. The number of carboxylic acids is 1. The lowest BCUT2D eigenvalue weighted by Gasteiger charge is -2.34. The van der Waals surface area contributed by atoms with E-state index in [9.17, 15) is 23.5 Å². The molecule has 2 aliphatic rings. The molecule has 3 atom stereocenters. The molecule has 3 unspecified atom stereocenters. The van der Waals surface area contributed by atoms with Crippen molar-refractivity contribution in [2.45, 2.75) is 32.2 Å². The monoisotopic (exact) mass is 453 g/mol. The fraction of sp³-hybridized carbons (Fsp3) is 0.308. The first-order chi connectivity index (χ1) is 15.8. The summed E-state index contributed by atoms with van der Waals surface area (Å²) in [5.74, 6) is -2.36. The summed E-state index contributed by atoms with van der Waals surface area (Å²) in [6, 6.07) is 10.7. The number of halogens is 2. The van der Waals surface area contributed by atoms with Gasteiger partial charge in [0.1, 0.15) is 5.75 Å². The third kappa shape index (κ3) is 4.82. The average Bonchev–Trinajstić information content (AvgIpc) is 3.13. The molecule has 5 nitrogen and oxygen atoms in total. The van der Waals surface area contributed by atoms with E-state index in [1.54, 1.807) is 29.2 Å². The quantitative estimate of drug-likeness (QED) is 0.601. The van der Waals surface area contributed by atoms with Crippen LogP contribution in [0.1, 0.15) is 35.7 Å². The van der Waals surface area contributed by atoms with Crippen LogP contribution in [0.25, 0.3) is 0 Å². The lowest BCUT2D eigenvalue weighted by molar-refractivity contribution is -0.138. The molecule has 1 heterocycles. The molecule has 1 N–H and O–H groups in total. The molecule has 2 aromatic carbocycles. The Hall–Kier alpha value is -3.48. The molecule has 0 spiro atoms. The van der Waals surface area contributed by atoms with Crippen LogP contribution in [0.15, 0.2) is 66.4 Å². The van der Waals surface area contributed by atoms with E-state index >= 15 is 0 Å². The van der Waals surface area contributed by atoms with Crippen LogP contribution in [0.3, 0.4) is 0 Å². The topological polar surface area (TPSA) is 66.8 Å². The number of fused-ring (bicyclic) bond motifs is 1. The summed E-state index contributed by atoms with van der Waals surface area (Å²) in [5.41, 5.74) is 1.57. The Kier molecular flexibility index (Phi) is 6.58. The molecular formula is C26H25F2NO4. The van der Waals surface area contributed by atoms with E-state index in [-0.39, 0.29) is 48.8 Å². The first kappa shape index (κ1) is 22.7. The smallest absolute Gasteiger partial charge is 0.303 e. The van der Waals surface area contributed by atoms with E-state index in [4.69, 9.17) is 4.74 Å². The summed E-state index contributed by atoms with van der Waals surface area (Å²) in [6.07, 6.45) is 6.83. The fourth-order valence-corrected chi connectivity index (χ4v) is 4.67. The molecule has 0 bridgehead atoms. The van der Waals surface area contributed by atoms with Gasteiger partial charge in [-0.1, -0.05) is 30.4 Å². The zero-order valence-electron chi connectivity index (χ0n) is 18.2. The van der Waals surface area contributed by atoms with Gasteiger partial charge in [-0.2, -0.15) is 0 Å². The number of ether oxygens (including phenoxy) is 1. The van der Waals surface area contributed by atoms with Gasteiger partial charge in [0.15, 0.2) is 11.6 Å². The number of nitrogens with zero attached hydrogens (tertiary/aromatic N) is 1. The highest BCUT2D eigenvalue weighted by atomic mass is 19.2. The SMILES string of the molecule is CC1=CC2C(CC(=O)O)C=CCC2N1C(=O)c1ccc(OCCc2cccc(F)c2F)cc1. The number of carbonyl (C=O) groups excluding carboxylic acids is 1. The number of aliphatic carboxylic acids is 1. The molecule has 4 rings (SSSR count). The minimum Gasteiger partial charge on any atom is -0.493 e. The van der Waals surface area contributed by atoms with Crippen LogP contribution < -0.4 is 4.74 Å². The molecule has 1 amide bonds. The Labute approximate surface area is 191 Å². The number of hydrogen-bond acceptors (Lipinski definition) is 3. The normalized spacial score (nSPS) is 21.5. The fourth-order valence-electron chi connectivity index (χ4n) is 4.67. The van der Waals surface area contributed by atoms with Crippen LogP contribution in [0.2, 0.25) is 0 Å². The number of hydrogen-bond donors (Lipinski definition) is 1. The number of amides is 1. The van der Waals surface area contributed by atoms with Crippen LogP contribution in [0.4, 0.5) is 8.78 Å². The number of carbonyl (C=O) groups is 2. The van der Waals surface area contributed by atoms with Crippen molar-refractivity contribution >= 4 is 11.9 Å². The molecule has 172 valence electrons. The second-order valence-electron chi connectivity index (χ2n) is 8.39. The zero-order valence-corrected chi connectivity index (χ0v) is 18.2. The van der Waals surface area contributed by atoms with E-state index < -0.39 is 17.6 Å². The van der Waals surface area contributed by atoms with Crippen LogP contribution in [-0.2, 0) is 11.2 Å². The van der Waals surface area contributed by atoms with Crippen LogP contribution in [0, 0.1) is 23.5 Å². The van der Waals surface area contributed by atoms with Gasteiger partial charge in [-0.15, -0.1) is 0 Å². The second kappa shape index (κ2) is 9.57. The maximum atomic E-state index is 13.7. The van der Waals surface area contributed by atoms with Gasteiger partial charge < -0.3 is 14.7 Å². The molecule has 0 aromatic heterocycles. The Balaban J connectivity index is 1.39. The van der Waals surface area contributed by atoms with Gasteiger partial charge >= 0.3 is 5.97 Å². The lowest BCUT2D eigenvalue weighted by Crippen LogP contribution is -2.41. The molecule has 0 fully saturated rings. The van der Waals surface area contributed by atoms with Crippen molar-refractivity contribution in [3.8, 4) is 5.75 Å². The van der Waals surface area contributed by atoms with E-state index in [2.05, 4.69) is 0 Å². The van der Waals surface area contributed by atoms with Crippen LogP contribution in [0.5, 0.6) is 5.75 Å². The predicted octanol–water partition coefficient (Wildman–Crippen LogP) is 4.98. The predicted molar refractivity (Wildman–Crippen MR) is 119 cm³/mol. The third-order valence-corrected chi connectivity index (χ3v) is 6.25. The van der Waals surface area contributed by atoms with Crippen molar-refractivity contribution in [1.82, 2.24) is 4.90 Å². The minimum atomic E-state index is -0.883. The highest BCUT2D eigenvalue weighted by Crippen LogP contribution is 2.40. The van der Waals surface area contributed by atoms with Gasteiger partial charge in [-0.25, -0.2) is 8.78 Å². The Morgan fingerprint density at radius 3 is 2.64 bits per heavy atom. The summed E-state index contributed by atoms with van der Waals surface area (Å²) in [5, 5.41) is 9.20. The highest BCUT2D eigenvalue weighted by Gasteiger charge is 2.41. The Bertz CT molecular complexity index is 1110. The summed E-state index contributed by atoms with van der Waals surface area (Å²) < 4.78 is 32.7. The molecule has 1 aliphatic carbocycles. The zero-order chi connectivity index (χ0) is 23.5. The van der Waals surface area contributed by atoms with E-state index in [0.29, 0.717) is 17.7 Å². The lowest BCUT2D eigenvalue weighted by atomic mass is 9.79. The maximum absolute atomic E-state index is 13.7. The summed E-state index contributed by atoms with van der Waals surface area (Å²) >= 11 is 0. The summed E-state index contributed by atoms with van der Waals surface area (Å²) in [4.78, 5) is 26.2. The molecule has 0 saturated carbocycles. The van der Waals surface area contributed by atoms with E-state index in [0.717, 1.165) is 11.8 Å². The Morgan fingerprint density at radius 2 is 1.91 bits per heavy atom. The second-order valence-corrected chi connectivity index (χ2v) is 8.39. The number of allylic oxidation sites excluding steroid dienone is 2. The van der Waals surface area contributed by atoms with Crippen LogP contribution in [-0.4, -0.2) is 34.5 Å². The number of carboxylic acid groups (broad SMARTS) is 1. The van der Waals surface area contributed by atoms with Crippen molar-refractivity contribution in [3.63, 3.8) is 0 Å².